The SMILES string of the molecule is CCNC(=NCCCCN1CCN(C)CC1)NCCc1ccc(OC)cc1. The van der Waals surface area contributed by atoms with Gasteiger partial charge in [-0.05, 0) is 57.5 Å². The van der Waals surface area contributed by atoms with E-state index in [2.05, 4.69) is 46.5 Å². The van der Waals surface area contributed by atoms with Gasteiger partial charge in [0, 0.05) is 45.8 Å². The smallest absolute Gasteiger partial charge is 0.191 e. The molecule has 0 aliphatic carbocycles. The molecule has 1 aliphatic rings. The normalized spacial score (nSPS) is 16.3. The van der Waals surface area contributed by atoms with E-state index in [1.807, 2.05) is 12.1 Å². The van der Waals surface area contributed by atoms with Gasteiger partial charge < -0.3 is 25.2 Å². The molecule has 0 bridgehead atoms. The van der Waals surface area contributed by atoms with Gasteiger partial charge in [-0.3, -0.25) is 4.99 Å². The van der Waals surface area contributed by atoms with E-state index in [4.69, 9.17) is 9.73 Å². The number of guanidine groups is 1. The van der Waals surface area contributed by atoms with Gasteiger partial charge in [-0.2, -0.15) is 0 Å². The molecule has 1 fully saturated rings. The molecule has 27 heavy (non-hydrogen) atoms. The predicted molar refractivity (Wildman–Crippen MR) is 114 cm³/mol. The molecule has 1 aromatic carbocycles. The topological polar surface area (TPSA) is 52.1 Å². The quantitative estimate of drug-likeness (QED) is 0.371. The predicted octanol–water partition coefficient (Wildman–Crippen LogP) is 1.82. The Morgan fingerprint density at radius 1 is 1.07 bits per heavy atom. The molecule has 0 amide bonds. The number of nitrogens with one attached hydrogen (secondary N) is 2. The van der Waals surface area contributed by atoms with E-state index in [1.165, 1.54) is 44.7 Å². The van der Waals surface area contributed by atoms with Crippen LogP contribution in [-0.2, 0) is 6.42 Å². The van der Waals surface area contributed by atoms with Crippen molar-refractivity contribution >= 4 is 5.96 Å². The number of ether oxygens (including phenoxy) is 1. The van der Waals surface area contributed by atoms with Gasteiger partial charge >= 0.3 is 0 Å². The molecule has 1 heterocycles. The summed E-state index contributed by atoms with van der Waals surface area (Å²) in [6.07, 6.45) is 3.33. The van der Waals surface area contributed by atoms with Crippen LogP contribution in [0, 0.1) is 0 Å². The highest BCUT2D eigenvalue weighted by molar-refractivity contribution is 5.79. The van der Waals surface area contributed by atoms with Crippen LogP contribution < -0.4 is 15.4 Å². The van der Waals surface area contributed by atoms with E-state index in [0.29, 0.717) is 0 Å². The van der Waals surface area contributed by atoms with Crippen molar-refractivity contribution in [1.82, 2.24) is 20.4 Å². The third-order valence-electron chi connectivity index (χ3n) is 4.96. The molecule has 0 radical (unpaired) electrons. The van der Waals surface area contributed by atoms with Crippen LogP contribution in [0.1, 0.15) is 25.3 Å². The zero-order valence-electron chi connectivity index (χ0n) is 17.3. The molecule has 2 rings (SSSR count). The van der Waals surface area contributed by atoms with E-state index in [-0.39, 0.29) is 0 Å². The molecule has 0 unspecified atom stereocenters. The minimum absolute atomic E-state index is 0.874. The first-order valence-corrected chi connectivity index (χ1v) is 10.3. The summed E-state index contributed by atoms with van der Waals surface area (Å²) in [4.78, 5) is 9.69. The van der Waals surface area contributed by atoms with Crippen LogP contribution in [-0.4, -0.2) is 82.3 Å². The lowest BCUT2D eigenvalue weighted by Crippen LogP contribution is -2.44. The summed E-state index contributed by atoms with van der Waals surface area (Å²) in [5, 5.41) is 6.77. The Kier molecular flexibility index (Phi) is 10.0. The third kappa shape index (κ3) is 8.63. The summed E-state index contributed by atoms with van der Waals surface area (Å²) < 4.78 is 5.20. The van der Waals surface area contributed by atoms with Crippen LogP contribution in [0.25, 0.3) is 0 Å². The first-order valence-electron chi connectivity index (χ1n) is 10.3. The maximum atomic E-state index is 5.20. The largest absolute Gasteiger partial charge is 0.497 e. The highest BCUT2D eigenvalue weighted by Gasteiger charge is 2.12. The zero-order chi connectivity index (χ0) is 19.3. The number of nitrogens with zero attached hydrogens (tertiary/aromatic N) is 3. The number of unbranched alkanes of at least 4 members (excludes halogenated alkanes) is 1. The minimum Gasteiger partial charge on any atom is -0.497 e. The van der Waals surface area contributed by atoms with Crippen molar-refractivity contribution in [1.29, 1.82) is 0 Å². The van der Waals surface area contributed by atoms with Crippen molar-refractivity contribution in [2.45, 2.75) is 26.2 Å². The molecule has 152 valence electrons. The average molecular weight is 376 g/mol. The fourth-order valence-electron chi connectivity index (χ4n) is 3.17. The molecular weight excluding hydrogens is 338 g/mol. The summed E-state index contributed by atoms with van der Waals surface area (Å²) in [5.74, 6) is 1.82. The fourth-order valence-corrected chi connectivity index (χ4v) is 3.17. The molecule has 1 saturated heterocycles. The van der Waals surface area contributed by atoms with E-state index in [9.17, 15) is 0 Å². The Morgan fingerprint density at radius 2 is 1.81 bits per heavy atom. The molecule has 6 nitrogen and oxygen atoms in total. The van der Waals surface area contributed by atoms with E-state index >= 15 is 0 Å². The molecule has 2 N–H and O–H groups in total. The van der Waals surface area contributed by atoms with Crippen LogP contribution in [0.2, 0.25) is 0 Å². The van der Waals surface area contributed by atoms with Gasteiger partial charge in [0.1, 0.15) is 5.75 Å². The number of aliphatic imine (C=N–C) groups is 1. The number of rotatable bonds is 10. The lowest BCUT2D eigenvalue weighted by Gasteiger charge is -2.32. The summed E-state index contributed by atoms with van der Waals surface area (Å²) in [5.41, 5.74) is 1.30. The number of hydrogen-bond acceptors (Lipinski definition) is 4. The van der Waals surface area contributed by atoms with Crippen LogP contribution in [0.15, 0.2) is 29.3 Å². The van der Waals surface area contributed by atoms with Gasteiger partial charge in [0.05, 0.1) is 7.11 Å². The van der Waals surface area contributed by atoms with Gasteiger partial charge in [0.15, 0.2) is 5.96 Å². The monoisotopic (exact) mass is 375 g/mol. The molecule has 0 atom stereocenters. The second kappa shape index (κ2) is 12.6. The fraction of sp³-hybridized carbons (Fsp3) is 0.667. The molecule has 1 aliphatic heterocycles. The van der Waals surface area contributed by atoms with Crippen molar-refractivity contribution in [3.63, 3.8) is 0 Å². The van der Waals surface area contributed by atoms with Crippen molar-refractivity contribution in [3.05, 3.63) is 29.8 Å². The lowest BCUT2D eigenvalue weighted by atomic mass is 10.1. The van der Waals surface area contributed by atoms with Gasteiger partial charge in [-0.25, -0.2) is 0 Å². The number of methoxy groups -OCH3 is 1. The minimum atomic E-state index is 0.874. The summed E-state index contributed by atoms with van der Waals surface area (Å²) >= 11 is 0. The molecule has 0 spiro atoms. The lowest BCUT2D eigenvalue weighted by molar-refractivity contribution is 0.152. The number of piperazine rings is 1. The van der Waals surface area contributed by atoms with Crippen molar-refractivity contribution < 1.29 is 4.74 Å². The first kappa shape index (κ1) is 21.5. The Balaban J connectivity index is 1.62. The molecule has 0 saturated carbocycles. The zero-order valence-corrected chi connectivity index (χ0v) is 17.3. The van der Waals surface area contributed by atoms with E-state index in [1.54, 1.807) is 7.11 Å². The Labute approximate surface area is 165 Å². The van der Waals surface area contributed by atoms with Crippen LogP contribution >= 0.6 is 0 Å². The molecular formula is C21H37N5O. The maximum Gasteiger partial charge on any atom is 0.191 e. The van der Waals surface area contributed by atoms with Gasteiger partial charge in [-0.1, -0.05) is 12.1 Å². The van der Waals surface area contributed by atoms with Gasteiger partial charge in [0.25, 0.3) is 0 Å². The second-order valence-corrected chi connectivity index (χ2v) is 7.14. The summed E-state index contributed by atoms with van der Waals surface area (Å²) in [6, 6.07) is 8.25. The van der Waals surface area contributed by atoms with Crippen molar-refractivity contribution in [3.8, 4) is 5.75 Å². The van der Waals surface area contributed by atoms with Crippen molar-refractivity contribution in [2.24, 2.45) is 4.99 Å². The van der Waals surface area contributed by atoms with Gasteiger partial charge in [-0.15, -0.1) is 0 Å². The number of hydrogen-bond donors (Lipinski definition) is 2. The first-order chi connectivity index (χ1) is 13.2. The van der Waals surface area contributed by atoms with E-state index in [0.717, 1.165) is 44.2 Å². The van der Waals surface area contributed by atoms with Crippen LogP contribution in [0.4, 0.5) is 0 Å². The summed E-state index contributed by atoms with van der Waals surface area (Å²) in [6.45, 7) is 10.7. The molecule has 1 aromatic rings. The van der Waals surface area contributed by atoms with Gasteiger partial charge in [0.2, 0.25) is 0 Å². The number of likely N-dealkylation sites (N-methyl/N-ethyl adjacent to an activating group) is 1. The summed E-state index contributed by atoms with van der Waals surface area (Å²) in [7, 11) is 3.90. The Bertz CT molecular complexity index is 538. The Hall–Kier alpha value is -1.79. The standard InChI is InChI=1S/C21H37N5O/c1-4-22-21(24-13-11-19-7-9-20(27-3)10-8-19)23-12-5-6-14-26-17-15-25(2)16-18-26/h7-10H,4-6,11-18H2,1-3H3,(H2,22,23,24). The maximum absolute atomic E-state index is 5.20. The van der Waals surface area contributed by atoms with Crippen molar-refractivity contribution in [2.75, 3.05) is 66.5 Å². The Morgan fingerprint density at radius 3 is 2.48 bits per heavy atom. The van der Waals surface area contributed by atoms with Crippen LogP contribution in [0.5, 0.6) is 5.75 Å². The molecule has 0 aromatic heterocycles. The average Bonchev–Trinajstić information content (AvgIpc) is 2.69. The highest BCUT2D eigenvalue weighted by atomic mass is 16.5. The second-order valence-electron chi connectivity index (χ2n) is 7.14. The molecule has 6 heteroatoms. The third-order valence-corrected chi connectivity index (χ3v) is 4.96. The van der Waals surface area contributed by atoms with Crippen LogP contribution in [0.3, 0.4) is 0 Å². The number of benzene rings is 1. The van der Waals surface area contributed by atoms with E-state index < -0.39 is 0 Å². The highest BCUT2D eigenvalue weighted by Crippen LogP contribution is 2.11.